The fourth-order valence-corrected chi connectivity index (χ4v) is 3.26. The number of amides is 1. The summed E-state index contributed by atoms with van der Waals surface area (Å²) in [6.07, 6.45) is 0. The molecule has 0 unspecified atom stereocenters. The molecule has 0 bridgehead atoms. The number of anilines is 3. The summed E-state index contributed by atoms with van der Waals surface area (Å²) >= 11 is 1.30. The molecule has 0 fully saturated rings. The molecule has 0 aliphatic heterocycles. The maximum atomic E-state index is 12.5. The monoisotopic (exact) mass is 386 g/mol. The Balaban J connectivity index is 1.79. The van der Waals surface area contributed by atoms with E-state index in [4.69, 9.17) is 0 Å². The molecule has 9 nitrogen and oxygen atoms in total. The molecule has 0 spiro atoms. The zero-order valence-electron chi connectivity index (χ0n) is 15.5. The number of aromatic nitrogens is 5. The van der Waals surface area contributed by atoms with Crippen LogP contribution in [0.15, 0.2) is 35.5 Å². The van der Waals surface area contributed by atoms with Gasteiger partial charge in [0.05, 0.1) is 5.75 Å². The summed E-state index contributed by atoms with van der Waals surface area (Å²) < 4.78 is 1.73. The quantitative estimate of drug-likeness (QED) is 0.568. The Morgan fingerprint density at radius 1 is 1.11 bits per heavy atom. The van der Waals surface area contributed by atoms with E-state index in [1.54, 1.807) is 16.3 Å². The van der Waals surface area contributed by atoms with Crippen molar-refractivity contribution in [1.29, 1.82) is 0 Å². The van der Waals surface area contributed by atoms with Crippen LogP contribution < -0.4 is 15.5 Å². The van der Waals surface area contributed by atoms with Gasteiger partial charge in [0.25, 0.3) is 5.78 Å². The molecule has 0 aliphatic rings. The van der Waals surface area contributed by atoms with Crippen LogP contribution in [0.4, 0.5) is 17.6 Å². The lowest BCUT2D eigenvalue weighted by Crippen LogP contribution is -2.27. The molecular formula is C17H22N8OS. The van der Waals surface area contributed by atoms with Gasteiger partial charge in [0, 0.05) is 25.8 Å². The van der Waals surface area contributed by atoms with Gasteiger partial charge >= 0.3 is 0 Å². The maximum Gasteiger partial charge on any atom is 0.261 e. The van der Waals surface area contributed by atoms with E-state index in [2.05, 4.69) is 30.8 Å². The highest BCUT2D eigenvalue weighted by atomic mass is 32.2. The summed E-state index contributed by atoms with van der Waals surface area (Å²) in [5.41, 5.74) is 0.848. The lowest BCUT2D eigenvalue weighted by atomic mass is 10.3. The van der Waals surface area contributed by atoms with Crippen molar-refractivity contribution in [1.82, 2.24) is 24.6 Å². The van der Waals surface area contributed by atoms with Gasteiger partial charge in [0.15, 0.2) is 5.16 Å². The third-order valence-electron chi connectivity index (χ3n) is 3.76. The molecule has 3 aromatic rings. The molecule has 0 radical (unpaired) electrons. The average Bonchev–Trinajstić information content (AvgIpc) is 3.10. The van der Waals surface area contributed by atoms with Gasteiger partial charge in [-0.05, 0) is 26.0 Å². The van der Waals surface area contributed by atoms with Crippen molar-refractivity contribution in [2.45, 2.75) is 19.0 Å². The van der Waals surface area contributed by atoms with Gasteiger partial charge in [-0.3, -0.25) is 4.79 Å². The molecule has 1 amide bonds. The van der Waals surface area contributed by atoms with Gasteiger partial charge in [0.2, 0.25) is 17.8 Å². The molecule has 0 aliphatic carbocycles. The van der Waals surface area contributed by atoms with E-state index in [9.17, 15) is 4.79 Å². The van der Waals surface area contributed by atoms with Crippen LogP contribution in [0, 0.1) is 0 Å². The minimum atomic E-state index is -0.0295. The smallest absolute Gasteiger partial charge is 0.261 e. The second-order valence-corrected chi connectivity index (χ2v) is 6.57. The molecule has 0 saturated carbocycles. The molecule has 0 atom stereocenters. The molecule has 2 aromatic heterocycles. The molecule has 142 valence electrons. The number of thioether (sulfide) groups is 1. The van der Waals surface area contributed by atoms with Crippen LogP contribution in [0.25, 0.3) is 5.78 Å². The molecular weight excluding hydrogens is 364 g/mol. The predicted molar refractivity (Wildman–Crippen MR) is 107 cm³/mol. The van der Waals surface area contributed by atoms with Crippen molar-refractivity contribution in [2.75, 3.05) is 41.4 Å². The van der Waals surface area contributed by atoms with Gasteiger partial charge < -0.3 is 15.5 Å². The largest absolute Gasteiger partial charge is 0.355 e. The number of rotatable bonds is 8. The van der Waals surface area contributed by atoms with Crippen LogP contribution in [0.3, 0.4) is 0 Å². The second kappa shape index (κ2) is 8.67. The molecule has 27 heavy (non-hydrogen) atoms. The number of hydrogen-bond donors (Lipinski definition) is 2. The first kappa shape index (κ1) is 18.9. The minimum absolute atomic E-state index is 0.0295. The Bertz CT molecular complexity index is 914. The molecule has 3 rings (SSSR count). The zero-order chi connectivity index (χ0) is 19.2. The zero-order valence-corrected chi connectivity index (χ0v) is 16.3. The van der Waals surface area contributed by atoms with Gasteiger partial charge in [-0.2, -0.15) is 9.97 Å². The molecule has 10 heteroatoms. The second-order valence-electron chi connectivity index (χ2n) is 5.63. The first-order valence-corrected chi connectivity index (χ1v) is 9.67. The average molecular weight is 386 g/mol. The fraction of sp³-hybridized carbons (Fsp3) is 0.353. The normalized spacial score (nSPS) is 10.8. The Morgan fingerprint density at radius 2 is 1.85 bits per heavy atom. The van der Waals surface area contributed by atoms with E-state index in [-0.39, 0.29) is 11.7 Å². The lowest BCUT2D eigenvalue weighted by molar-refractivity contribution is -0.115. The summed E-state index contributed by atoms with van der Waals surface area (Å²) in [5.74, 6) is 1.72. The summed E-state index contributed by atoms with van der Waals surface area (Å²) in [6, 6.07) is 9.52. The summed E-state index contributed by atoms with van der Waals surface area (Å²) in [6.45, 7) is 5.35. The van der Waals surface area contributed by atoms with E-state index in [0.29, 0.717) is 35.9 Å². The molecule has 1 aromatic carbocycles. The van der Waals surface area contributed by atoms with E-state index in [1.807, 2.05) is 44.2 Å². The Kier molecular flexibility index (Phi) is 6.07. The molecule has 2 N–H and O–H groups in total. The summed E-state index contributed by atoms with van der Waals surface area (Å²) in [5, 5.41) is 15.1. The third kappa shape index (κ3) is 4.27. The number of carbonyl (C=O) groups is 1. The summed E-state index contributed by atoms with van der Waals surface area (Å²) in [4.78, 5) is 23.0. The standard InChI is InChI=1S/C17H22N8OS/c1-4-18-14-20-15(19-5-2)25-16(21-14)22-23-17(25)27-11-13(26)24(3)12-9-7-6-8-10-12/h6-10H,4-5,11H2,1-3H3,(H2,18,19,20,21,22). The van der Waals surface area contributed by atoms with E-state index >= 15 is 0 Å². The van der Waals surface area contributed by atoms with Gasteiger partial charge in [-0.1, -0.05) is 30.0 Å². The SMILES string of the molecule is CCNc1nc(NCC)n2c(SCC(=O)N(C)c3ccccc3)nnc2n1. The van der Waals surface area contributed by atoms with Crippen molar-refractivity contribution in [3.8, 4) is 0 Å². The number of para-hydroxylation sites is 1. The van der Waals surface area contributed by atoms with E-state index in [1.165, 1.54) is 11.8 Å². The topological polar surface area (TPSA) is 100 Å². The van der Waals surface area contributed by atoms with Crippen LogP contribution in [-0.4, -0.2) is 56.4 Å². The number of fused-ring (bicyclic) bond motifs is 1. The van der Waals surface area contributed by atoms with Crippen LogP contribution >= 0.6 is 11.8 Å². The van der Waals surface area contributed by atoms with Crippen molar-refractivity contribution in [2.24, 2.45) is 0 Å². The maximum absolute atomic E-state index is 12.5. The van der Waals surface area contributed by atoms with Gasteiger partial charge in [-0.25, -0.2) is 4.40 Å². The van der Waals surface area contributed by atoms with Crippen molar-refractivity contribution in [3.05, 3.63) is 30.3 Å². The number of hydrogen-bond acceptors (Lipinski definition) is 8. The highest BCUT2D eigenvalue weighted by Crippen LogP contribution is 2.22. The Labute approximate surface area is 161 Å². The Hall–Kier alpha value is -2.88. The third-order valence-corrected chi connectivity index (χ3v) is 4.67. The van der Waals surface area contributed by atoms with Crippen molar-refractivity contribution in [3.63, 3.8) is 0 Å². The molecule has 0 saturated heterocycles. The predicted octanol–water partition coefficient (Wildman–Crippen LogP) is 2.14. The van der Waals surface area contributed by atoms with Crippen LogP contribution in [0.5, 0.6) is 0 Å². The van der Waals surface area contributed by atoms with E-state index in [0.717, 1.165) is 5.69 Å². The first-order chi connectivity index (χ1) is 13.1. The number of nitrogens with zero attached hydrogens (tertiary/aromatic N) is 6. The van der Waals surface area contributed by atoms with Crippen molar-refractivity contribution >= 4 is 41.0 Å². The van der Waals surface area contributed by atoms with E-state index < -0.39 is 0 Å². The van der Waals surface area contributed by atoms with Crippen LogP contribution in [0.1, 0.15) is 13.8 Å². The molecule has 2 heterocycles. The van der Waals surface area contributed by atoms with Crippen molar-refractivity contribution < 1.29 is 4.79 Å². The van der Waals surface area contributed by atoms with Crippen LogP contribution in [-0.2, 0) is 4.79 Å². The lowest BCUT2D eigenvalue weighted by Gasteiger charge is -2.16. The number of nitrogens with one attached hydrogen (secondary N) is 2. The number of benzene rings is 1. The fourth-order valence-electron chi connectivity index (χ4n) is 2.42. The highest BCUT2D eigenvalue weighted by molar-refractivity contribution is 7.99. The highest BCUT2D eigenvalue weighted by Gasteiger charge is 2.17. The van der Waals surface area contributed by atoms with Crippen LogP contribution in [0.2, 0.25) is 0 Å². The number of carbonyl (C=O) groups excluding carboxylic acids is 1. The summed E-state index contributed by atoms with van der Waals surface area (Å²) in [7, 11) is 1.76. The Morgan fingerprint density at radius 3 is 2.56 bits per heavy atom. The van der Waals surface area contributed by atoms with Gasteiger partial charge in [-0.15, -0.1) is 10.2 Å². The first-order valence-electron chi connectivity index (χ1n) is 8.69. The van der Waals surface area contributed by atoms with Gasteiger partial charge in [0.1, 0.15) is 0 Å². The minimum Gasteiger partial charge on any atom is -0.355 e.